The summed E-state index contributed by atoms with van der Waals surface area (Å²) in [6, 6.07) is 18.4. The second-order valence-corrected chi connectivity index (χ2v) is 4.79. The first kappa shape index (κ1) is 14.3. The van der Waals surface area contributed by atoms with E-state index in [9.17, 15) is 8.78 Å². The van der Waals surface area contributed by atoms with Gasteiger partial charge in [-0.1, -0.05) is 42.5 Å². The normalized spacial score (nSPS) is 10.9. The van der Waals surface area contributed by atoms with Crippen LogP contribution in [-0.2, 0) is 6.54 Å². The average Bonchev–Trinajstić information content (AvgIpc) is 2.96. The molecule has 0 spiro atoms. The highest BCUT2D eigenvalue weighted by Crippen LogP contribution is 2.19. The minimum Gasteiger partial charge on any atom is -0.435 e. The summed E-state index contributed by atoms with van der Waals surface area (Å²) in [5.74, 6) is 0.155. The molecule has 0 aliphatic carbocycles. The van der Waals surface area contributed by atoms with Crippen LogP contribution in [0.1, 0.15) is 5.56 Å². The second kappa shape index (κ2) is 6.39. The summed E-state index contributed by atoms with van der Waals surface area (Å²) < 4.78 is 30.6. The maximum absolute atomic E-state index is 12.2. The summed E-state index contributed by atoms with van der Waals surface area (Å²) in [6.45, 7) is -2.32. The van der Waals surface area contributed by atoms with Crippen LogP contribution in [0.4, 0.5) is 8.78 Å². The number of halogens is 2. The molecule has 3 rings (SSSR count). The minimum atomic E-state index is -2.82. The van der Waals surface area contributed by atoms with Gasteiger partial charge in [0.25, 0.3) is 0 Å². The van der Waals surface area contributed by atoms with Gasteiger partial charge in [0.15, 0.2) is 0 Å². The van der Waals surface area contributed by atoms with Gasteiger partial charge in [-0.25, -0.2) is 0 Å². The molecule has 0 bridgehead atoms. The third-order valence-electron chi connectivity index (χ3n) is 3.18. The molecule has 0 N–H and O–H groups in total. The van der Waals surface area contributed by atoms with E-state index in [4.69, 9.17) is 0 Å². The van der Waals surface area contributed by atoms with E-state index in [1.54, 1.807) is 16.8 Å². The largest absolute Gasteiger partial charge is 0.435 e. The molecule has 0 amide bonds. The Morgan fingerprint density at radius 1 is 1.00 bits per heavy atom. The highest BCUT2D eigenvalue weighted by Gasteiger charge is 2.06. The fraction of sp³-hybridized carbons (Fsp3) is 0.118. The molecule has 5 heteroatoms. The van der Waals surface area contributed by atoms with Crippen molar-refractivity contribution >= 4 is 0 Å². The van der Waals surface area contributed by atoms with Crippen LogP contribution in [-0.4, -0.2) is 16.4 Å². The highest BCUT2D eigenvalue weighted by atomic mass is 19.3. The van der Waals surface area contributed by atoms with Gasteiger partial charge >= 0.3 is 6.61 Å². The number of nitrogens with zero attached hydrogens (tertiary/aromatic N) is 2. The SMILES string of the molecule is FC(F)Oc1cccc(Cn2ccc(-c3ccccc3)n2)c1. The smallest absolute Gasteiger partial charge is 0.387 e. The van der Waals surface area contributed by atoms with E-state index < -0.39 is 6.61 Å². The first-order valence-corrected chi connectivity index (χ1v) is 6.83. The highest BCUT2D eigenvalue weighted by molar-refractivity contribution is 5.58. The molecule has 0 saturated heterocycles. The Kier molecular flexibility index (Phi) is 4.14. The van der Waals surface area contributed by atoms with Gasteiger partial charge in [0.1, 0.15) is 5.75 Å². The van der Waals surface area contributed by atoms with Crippen molar-refractivity contribution < 1.29 is 13.5 Å². The number of alkyl halides is 2. The zero-order valence-electron chi connectivity index (χ0n) is 11.7. The van der Waals surface area contributed by atoms with Gasteiger partial charge in [0.05, 0.1) is 12.2 Å². The molecule has 0 saturated carbocycles. The fourth-order valence-electron chi connectivity index (χ4n) is 2.22. The van der Waals surface area contributed by atoms with E-state index in [1.165, 1.54) is 6.07 Å². The Balaban J connectivity index is 1.75. The number of aromatic nitrogens is 2. The van der Waals surface area contributed by atoms with Crippen LogP contribution < -0.4 is 4.74 Å². The molecule has 0 atom stereocenters. The molecule has 0 aliphatic heterocycles. The summed E-state index contributed by atoms with van der Waals surface area (Å²) in [4.78, 5) is 0. The Morgan fingerprint density at radius 2 is 1.82 bits per heavy atom. The van der Waals surface area contributed by atoms with Gasteiger partial charge in [-0.05, 0) is 23.8 Å². The lowest BCUT2D eigenvalue weighted by atomic mass is 10.2. The van der Waals surface area contributed by atoms with Crippen LogP contribution in [0.5, 0.6) is 5.75 Å². The summed E-state index contributed by atoms with van der Waals surface area (Å²) in [7, 11) is 0. The molecule has 3 aromatic rings. The number of rotatable bonds is 5. The maximum Gasteiger partial charge on any atom is 0.387 e. The summed E-state index contributed by atoms with van der Waals surface area (Å²) in [6.07, 6.45) is 1.86. The molecule has 22 heavy (non-hydrogen) atoms. The van der Waals surface area contributed by atoms with Crippen LogP contribution in [0.3, 0.4) is 0 Å². The average molecular weight is 300 g/mol. The molecule has 1 heterocycles. The molecular weight excluding hydrogens is 286 g/mol. The van der Waals surface area contributed by atoms with Gasteiger partial charge in [-0.3, -0.25) is 4.68 Å². The fourth-order valence-corrected chi connectivity index (χ4v) is 2.22. The number of ether oxygens (including phenoxy) is 1. The molecule has 0 aliphatic rings. The first-order chi connectivity index (χ1) is 10.7. The molecule has 1 aromatic heterocycles. The third-order valence-corrected chi connectivity index (χ3v) is 3.18. The zero-order valence-corrected chi connectivity index (χ0v) is 11.7. The maximum atomic E-state index is 12.2. The van der Waals surface area contributed by atoms with Crippen LogP contribution >= 0.6 is 0 Å². The monoisotopic (exact) mass is 300 g/mol. The first-order valence-electron chi connectivity index (χ1n) is 6.83. The minimum absolute atomic E-state index is 0.155. The van der Waals surface area contributed by atoms with Crippen molar-refractivity contribution in [1.29, 1.82) is 0 Å². The number of hydrogen-bond acceptors (Lipinski definition) is 2. The van der Waals surface area contributed by atoms with Crippen molar-refractivity contribution in [3.8, 4) is 17.0 Å². The Bertz CT molecular complexity index is 741. The molecular formula is C17H14F2N2O. The van der Waals surface area contributed by atoms with Crippen LogP contribution in [0.15, 0.2) is 66.9 Å². The van der Waals surface area contributed by atoms with E-state index in [2.05, 4.69) is 9.84 Å². The van der Waals surface area contributed by atoms with E-state index in [-0.39, 0.29) is 5.75 Å². The predicted octanol–water partition coefficient (Wildman–Crippen LogP) is 4.20. The molecule has 3 nitrogen and oxygen atoms in total. The molecule has 2 aromatic carbocycles. The number of benzene rings is 2. The molecule has 0 fully saturated rings. The summed E-state index contributed by atoms with van der Waals surface area (Å²) in [5, 5.41) is 4.49. The van der Waals surface area contributed by atoms with Crippen LogP contribution in [0, 0.1) is 0 Å². The van der Waals surface area contributed by atoms with Crippen LogP contribution in [0.25, 0.3) is 11.3 Å². The Labute approximate surface area is 126 Å². The molecule has 0 radical (unpaired) electrons. The van der Waals surface area contributed by atoms with Crippen LogP contribution in [0.2, 0.25) is 0 Å². The number of hydrogen-bond donors (Lipinski definition) is 0. The zero-order chi connectivity index (χ0) is 15.4. The van der Waals surface area contributed by atoms with E-state index >= 15 is 0 Å². The van der Waals surface area contributed by atoms with Gasteiger partial charge in [0.2, 0.25) is 0 Å². The van der Waals surface area contributed by atoms with Crippen molar-refractivity contribution in [3.63, 3.8) is 0 Å². The lowest BCUT2D eigenvalue weighted by Gasteiger charge is -2.07. The van der Waals surface area contributed by atoms with Crippen molar-refractivity contribution in [2.24, 2.45) is 0 Å². The van der Waals surface area contributed by atoms with E-state index in [0.29, 0.717) is 6.54 Å². The Hall–Kier alpha value is -2.69. The van der Waals surface area contributed by atoms with E-state index in [0.717, 1.165) is 16.8 Å². The van der Waals surface area contributed by atoms with Crippen molar-refractivity contribution in [2.45, 2.75) is 13.2 Å². The van der Waals surface area contributed by atoms with Gasteiger partial charge in [0, 0.05) is 11.8 Å². The van der Waals surface area contributed by atoms with E-state index in [1.807, 2.05) is 48.7 Å². The van der Waals surface area contributed by atoms with Gasteiger partial charge in [-0.15, -0.1) is 0 Å². The molecule has 112 valence electrons. The summed E-state index contributed by atoms with van der Waals surface area (Å²) >= 11 is 0. The second-order valence-electron chi connectivity index (χ2n) is 4.79. The Morgan fingerprint density at radius 3 is 2.59 bits per heavy atom. The van der Waals surface area contributed by atoms with Gasteiger partial charge < -0.3 is 4.74 Å². The summed E-state index contributed by atoms with van der Waals surface area (Å²) in [5.41, 5.74) is 2.76. The standard InChI is InChI=1S/C17H14F2N2O/c18-17(19)22-15-8-4-5-13(11-15)12-21-10-9-16(20-21)14-6-2-1-3-7-14/h1-11,17H,12H2. The van der Waals surface area contributed by atoms with Gasteiger partial charge in [-0.2, -0.15) is 13.9 Å². The van der Waals surface area contributed by atoms with Crippen molar-refractivity contribution in [1.82, 2.24) is 9.78 Å². The van der Waals surface area contributed by atoms with Crippen molar-refractivity contribution in [2.75, 3.05) is 0 Å². The van der Waals surface area contributed by atoms with Crippen molar-refractivity contribution in [3.05, 3.63) is 72.4 Å². The quantitative estimate of drug-likeness (QED) is 0.706. The lowest BCUT2D eigenvalue weighted by molar-refractivity contribution is -0.0498. The molecule has 0 unspecified atom stereocenters. The lowest BCUT2D eigenvalue weighted by Crippen LogP contribution is -2.04. The predicted molar refractivity (Wildman–Crippen MR) is 79.8 cm³/mol. The third kappa shape index (κ3) is 3.49. The topological polar surface area (TPSA) is 27.1 Å².